The highest BCUT2D eigenvalue weighted by Gasteiger charge is 2.37. The van der Waals surface area contributed by atoms with Crippen molar-refractivity contribution in [2.45, 2.75) is 56.9 Å². The van der Waals surface area contributed by atoms with Gasteiger partial charge in [-0.3, -0.25) is 10.1 Å². The molecule has 1 saturated heterocycles. The molecule has 1 unspecified atom stereocenters. The van der Waals surface area contributed by atoms with E-state index in [-0.39, 0.29) is 17.5 Å². The van der Waals surface area contributed by atoms with E-state index < -0.39 is 60.4 Å². The summed E-state index contributed by atoms with van der Waals surface area (Å²) in [6.45, 7) is 0.592. The number of rotatable bonds is 7. The first-order valence-corrected chi connectivity index (χ1v) is 10.3. The maximum atomic E-state index is 12.9. The van der Waals surface area contributed by atoms with E-state index in [0.717, 1.165) is 18.2 Å². The van der Waals surface area contributed by atoms with Crippen molar-refractivity contribution in [2.75, 3.05) is 6.61 Å². The molecule has 8 nitrogen and oxygen atoms in total. The molecule has 34 heavy (non-hydrogen) atoms. The fourth-order valence-corrected chi connectivity index (χ4v) is 3.51. The summed E-state index contributed by atoms with van der Waals surface area (Å²) >= 11 is 5.74. The van der Waals surface area contributed by atoms with Crippen LogP contribution in [-0.4, -0.2) is 41.2 Å². The minimum atomic E-state index is -4.64. The molecule has 3 atom stereocenters. The van der Waals surface area contributed by atoms with Gasteiger partial charge in [0.1, 0.15) is 12.4 Å². The van der Waals surface area contributed by atoms with E-state index in [1.807, 2.05) is 0 Å². The fourth-order valence-electron chi connectivity index (χ4n) is 3.23. The first-order chi connectivity index (χ1) is 15.8. The average Bonchev–Trinajstić information content (AvgIpc) is 3.16. The van der Waals surface area contributed by atoms with Crippen molar-refractivity contribution in [3.05, 3.63) is 34.7 Å². The number of carbonyl (C=O) groups is 1. The molecule has 0 aliphatic carbocycles. The zero-order chi connectivity index (χ0) is 25.1. The molecule has 1 aliphatic rings. The Kier molecular flexibility index (Phi) is 7.81. The van der Waals surface area contributed by atoms with Crippen molar-refractivity contribution in [3.8, 4) is 11.8 Å². The molecule has 2 heterocycles. The van der Waals surface area contributed by atoms with Gasteiger partial charge in [-0.25, -0.2) is 0 Å². The second kappa shape index (κ2) is 10.3. The third-order valence-electron chi connectivity index (χ3n) is 4.73. The van der Waals surface area contributed by atoms with Crippen molar-refractivity contribution in [3.63, 3.8) is 0 Å². The third-order valence-corrected chi connectivity index (χ3v) is 5.04. The normalized spacial score (nSPS) is 21.2. The molecule has 2 aromatic rings. The molecule has 1 aromatic carbocycles. The predicted octanol–water partition coefficient (Wildman–Crippen LogP) is 4.41. The van der Waals surface area contributed by atoms with E-state index in [4.69, 9.17) is 25.5 Å². The number of halogens is 7. The van der Waals surface area contributed by atoms with Gasteiger partial charge in [-0.05, 0) is 31.0 Å². The largest absolute Gasteiger partial charge is 0.473 e. The molecule has 2 N–H and O–H groups in total. The van der Waals surface area contributed by atoms with Crippen LogP contribution >= 0.6 is 11.6 Å². The molecule has 188 valence electrons. The van der Waals surface area contributed by atoms with Gasteiger partial charge in [0, 0.05) is 6.92 Å². The van der Waals surface area contributed by atoms with E-state index in [1.54, 1.807) is 0 Å². The lowest BCUT2D eigenvalue weighted by molar-refractivity contribution is -0.140. The van der Waals surface area contributed by atoms with Crippen molar-refractivity contribution < 1.29 is 45.0 Å². The number of carbonyl (C=O) groups excluding carboxylic acids is 1. The maximum Gasteiger partial charge on any atom is 0.417 e. The number of alkyl halides is 6. The molecule has 0 saturated carbocycles. The van der Waals surface area contributed by atoms with Crippen LogP contribution in [0.5, 0.6) is 11.8 Å². The van der Waals surface area contributed by atoms with Gasteiger partial charge in [-0.2, -0.15) is 26.3 Å². The summed E-state index contributed by atoms with van der Waals surface area (Å²) in [6, 6.07) is 1.66. The van der Waals surface area contributed by atoms with Crippen LogP contribution in [-0.2, 0) is 11.0 Å². The molecule has 1 aromatic heterocycles. The molecule has 0 spiro atoms. The summed E-state index contributed by atoms with van der Waals surface area (Å²) in [7, 11) is 0. The number of hydrogen-bond donors (Lipinski definition) is 2. The number of amides is 1. The van der Waals surface area contributed by atoms with Gasteiger partial charge >= 0.3 is 18.4 Å². The Balaban J connectivity index is 1.71. The first-order valence-electron chi connectivity index (χ1n) is 9.91. The zero-order valence-electron chi connectivity index (χ0n) is 17.5. The van der Waals surface area contributed by atoms with Crippen LogP contribution in [0.2, 0.25) is 5.02 Å². The maximum absolute atomic E-state index is 12.9. The monoisotopic (exact) mass is 516 g/mol. The minimum Gasteiger partial charge on any atom is -0.473 e. The number of nitrogens with zero attached hydrogens (tertiary/aromatic N) is 2. The van der Waals surface area contributed by atoms with Crippen LogP contribution in [0.25, 0.3) is 0 Å². The Bertz CT molecular complexity index is 1000. The Labute approximate surface area is 193 Å². The summed E-state index contributed by atoms with van der Waals surface area (Å²) in [6.07, 6.45) is -10.9. The summed E-state index contributed by atoms with van der Waals surface area (Å²) in [4.78, 5) is 11.6. The van der Waals surface area contributed by atoms with Crippen LogP contribution in [0.15, 0.2) is 22.6 Å². The predicted molar refractivity (Wildman–Crippen MR) is 104 cm³/mol. The quantitative estimate of drug-likeness (QED) is 0.526. The molecule has 1 fully saturated rings. The van der Waals surface area contributed by atoms with E-state index in [0.29, 0.717) is 12.8 Å². The average molecular weight is 517 g/mol. The Morgan fingerprint density at radius 1 is 1.24 bits per heavy atom. The lowest BCUT2D eigenvalue weighted by Gasteiger charge is -2.36. The van der Waals surface area contributed by atoms with Gasteiger partial charge in [0.05, 0.1) is 29.1 Å². The second-order valence-corrected chi connectivity index (χ2v) is 7.81. The highest BCUT2D eigenvalue weighted by molar-refractivity contribution is 6.31. The molecule has 3 rings (SSSR count). The smallest absolute Gasteiger partial charge is 0.417 e. The topological polar surface area (TPSA) is 98.5 Å². The van der Waals surface area contributed by atoms with Gasteiger partial charge in [0.25, 0.3) is 0 Å². The van der Waals surface area contributed by atoms with Crippen molar-refractivity contribution in [2.24, 2.45) is 0 Å². The van der Waals surface area contributed by atoms with Crippen molar-refractivity contribution in [1.29, 1.82) is 0 Å². The summed E-state index contributed by atoms with van der Waals surface area (Å²) in [5.41, 5.74) is -1.03. The van der Waals surface area contributed by atoms with E-state index in [9.17, 15) is 31.1 Å². The number of nitrogens with one attached hydrogen (secondary N) is 2. The van der Waals surface area contributed by atoms with E-state index in [2.05, 4.69) is 20.8 Å². The molecule has 1 amide bonds. The number of benzene rings is 1. The summed E-state index contributed by atoms with van der Waals surface area (Å²) < 4.78 is 91.4. The molecule has 1 aliphatic heterocycles. The lowest BCUT2D eigenvalue weighted by Crippen LogP contribution is -2.56. The Morgan fingerprint density at radius 2 is 1.97 bits per heavy atom. The van der Waals surface area contributed by atoms with Crippen LogP contribution < -0.4 is 20.1 Å². The third kappa shape index (κ3) is 7.13. The van der Waals surface area contributed by atoms with Crippen LogP contribution in [0.1, 0.15) is 43.7 Å². The van der Waals surface area contributed by atoms with E-state index >= 15 is 0 Å². The van der Waals surface area contributed by atoms with Gasteiger partial charge in [0.15, 0.2) is 6.23 Å². The van der Waals surface area contributed by atoms with Gasteiger partial charge < -0.3 is 19.2 Å². The zero-order valence-corrected chi connectivity index (χ0v) is 18.2. The number of aromatic nitrogens is 2. The van der Waals surface area contributed by atoms with Gasteiger partial charge in [-0.15, -0.1) is 5.10 Å². The first kappa shape index (κ1) is 25.9. The molecular weight excluding hydrogens is 498 g/mol. The minimum absolute atomic E-state index is 0.00216. The Morgan fingerprint density at radius 3 is 2.59 bits per heavy atom. The fraction of sp³-hybridized carbons (Fsp3) is 0.526. The SMILES string of the molecule is CC(=O)N[C@H]1CC[C@H](c2nnc(OCCC(F)(F)F)o2)NC1Oc1ccc(C(F)(F)F)c(Cl)c1. The molecule has 0 radical (unpaired) electrons. The van der Waals surface area contributed by atoms with Crippen LogP contribution in [0.3, 0.4) is 0 Å². The van der Waals surface area contributed by atoms with Crippen LogP contribution in [0.4, 0.5) is 26.3 Å². The molecular formula is C19H19ClF6N4O4. The Hall–Kier alpha value is -2.74. The molecule has 0 bridgehead atoms. The second-order valence-electron chi connectivity index (χ2n) is 7.40. The van der Waals surface area contributed by atoms with Crippen LogP contribution in [0, 0.1) is 0 Å². The highest BCUT2D eigenvalue weighted by Crippen LogP contribution is 2.37. The van der Waals surface area contributed by atoms with Crippen molar-refractivity contribution in [1.82, 2.24) is 20.8 Å². The standard InChI is InChI=1S/C19H19ClF6N4O4/c1-9(31)27-13-4-5-14(16-29-30-17(34-16)32-7-6-18(21,22)23)28-15(13)33-10-2-3-11(12(20)8-10)19(24,25)26/h2-3,8,13-15,28H,4-7H2,1H3,(H,27,31)/t13-,14+,15?/m0/s1. The number of ether oxygens (including phenoxy) is 2. The van der Waals surface area contributed by atoms with Gasteiger partial charge in [0.2, 0.25) is 11.8 Å². The molecule has 15 heteroatoms. The summed E-state index contributed by atoms with van der Waals surface area (Å²) in [5, 5.41) is 12.4. The summed E-state index contributed by atoms with van der Waals surface area (Å²) in [5.74, 6) is -0.349. The highest BCUT2D eigenvalue weighted by atomic mass is 35.5. The van der Waals surface area contributed by atoms with E-state index in [1.165, 1.54) is 6.92 Å². The number of piperidine rings is 1. The van der Waals surface area contributed by atoms with Gasteiger partial charge in [-0.1, -0.05) is 16.7 Å². The number of hydrogen-bond acceptors (Lipinski definition) is 7. The lowest BCUT2D eigenvalue weighted by atomic mass is 9.98. The van der Waals surface area contributed by atoms with Crippen molar-refractivity contribution >= 4 is 17.5 Å².